The number of hydrogen-bond donors (Lipinski definition) is 1. The molecule has 0 radical (unpaired) electrons. The molecule has 1 aliphatic rings. The monoisotopic (exact) mass is 349 g/mol. The van der Waals surface area contributed by atoms with Crippen LogP contribution in [0.25, 0.3) is 0 Å². The van der Waals surface area contributed by atoms with Crippen LogP contribution >= 0.6 is 0 Å². The summed E-state index contributed by atoms with van der Waals surface area (Å²) in [5, 5.41) is 4.02. The predicted molar refractivity (Wildman–Crippen MR) is 89.3 cm³/mol. The Morgan fingerprint density at radius 2 is 2.08 bits per heavy atom. The van der Waals surface area contributed by atoms with E-state index in [0.717, 1.165) is 11.3 Å². The Morgan fingerprint density at radius 1 is 1.38 bits per heavy atom. The molecular formula is C15H19N5O3S. The molecule has 1 amide bonds. The van der Waals surface area contributed by atoms with Gasteiger partial charge >= 0.3 is 0 Å². The van der Waals surface area contributed by atoms with E-state index in [1.807, 2.05) is 6.92 Å². The van der Waals surface area contributed by atoms with Crippen LogP contribution in [-0.4, -0.2) is 35.1 Å². The number of benzene rings is 1. The molecule has 0 saturated carbocycles. The largest absolute Gasteiger partial charge is 0.309 e. The molecular weight excluding hydrogens is 330 g/mol. The standard InChI is InChI=1S/C15H19N5O3S/c1-9-7-12-8-13(5-6-14(12)20(9)11(3)21)24(22,23)18-15-16-10(2)17-19(15)4/h5-6,8-9H,7H2,1-4H3,(H,16,17,18)/t9-/m0/s1. The number of hydrogen-bond acceptors (Lipinski definition) is 5. The van der Waals surface area contributed by atoms with Gasteiger partial charge in [0.05, 0.1) is 4.90 Å². The molecule has 128 valence electrons. The van der Waals surface area contributed by atoms with Crippen molar-refractivity contribution in [3.05, 3.63) is 29.6 Å². The number of anilines is 2. The van der Waals surface area contributed by atoms with Crippen LogP contribution in [0.2, 0.25) is 0 Å². The third kappa shape index (κ3) is 2.75. The average molecular weight is 349 g/mol. The summed E-state index contributed by atoms with van der Waals surface area (Å²) in [5.41, 5.74) is 1.61. The number of nitrogens with one attached hydrogen (secondary N) is 1. The first-order valence-corrected chi connectivity index (χ1v) is 9.00. The molecule has 1 N–H and O–H groups in total. The number of amides is 1. The lowest BCUT2D eigenvalue weighted by Gasteiger charge is -2.20. The van der Waals surface area contributed by atoms with Crippen molar-refractivity contribution in [3.8, 4) is 0 Å². The van der Waals surface area contributed by atoms with Gasteiger partial charge in [-0.15, -0.1) is 0 Å². The van der Waals surface area contributed by atoms with Gasteiger partial charge in [0.15, 0.2) is 0 Å². The highest BCUT2D eigenvalue weighted by Gasteiger charge is 2.30. The molecule has 2 aromatic rings. The lowest BCUT2D eigenvalue weighted by atomic mass is 10.1. The number of sulfonamides is 1. The highest BCUT2D eigenvalue weighted by Crippen LogP contribution is 2.34. The summed E-state index contributed by atoms with van der Waals surface area (Å²) in [6, 6.07) is 4.81. The SMILES string of the molecule is CC(=O)N1c2ccc(S(=O)(=O)Nc3nc(C)nn3C)cc2C[C@@H]1C. The van der Waals surface area contributed by atoms with Crippen molar-refractivity contribution >= 4 is 27.6 Å². The zero-order valence-corrected chi connectivity index (χ0v) is 14.8. The summed E-state index contributed by atoms with van der Waals surface area (Å²) < 4.78 is 29.0. The maximum atomic E-state index is 12.6. The zero-order chi connectivity index (χ0) is 17.6. The van der Waals surface area contributed by atoms with Crippen LogP contribution in [0.5, 0.6) is 0 Å². The van der Waals surface area contributed by atoms with E-state index in [0.29, 0.717) is 12.2 Å². The predicted octanol–water partition coefficient (Wildman–Crippen LogP) is 1.22. The molecule has 0 fully saturated rings. The van der Waals surface area contributed by atoms with Crippen molar-refractivity contribution in [2.24, 2.45) is 7.05 Å². The van der Waals surface area contributed by atoms with Crippen molar-refractivity contribution in [2.75, 3.05) is 9.62 Å². The third-order valence-corrected chi connectivity index (χ3v) is 5.34. The summed E-state index contributed by atoms with van der Waals surface area (Å²) in [6.07, 6.45) is 0.626. The van der Waals surface area contributed by atoms with Crippen LogP contribution in [0.4, 0.5) is 11.6 Å². The quantitative estimate of drug-likeness (QED) is 0.899. The third-order valence-electron chi connectivity index (χ3n) is 4.01. The minimum atomic E-state index is -3.78. The van der Waals surface area contributed by atoms with Crippen LogP contribution < -0.4 is 9.62 Å². The molecule has 2 heterocycles. The first kappa shape index (κ1) is 16.4. The van der Waals surface area contributed by atoms with Crippen LogP contribution in [0.1, 0.15) is 25.2 Å². The summed E-state index contributed by atoms with van der Waals surface area (Å²) in [7, 11) is -2.16. The number of nitrogens with zero attached hydrogens (tertiary/aromatic N) is 4. The van der Waals surface area contributed by atoms with E-state index in [1.54, 1.807) is 31.0 Å². The van der Waals surface area contributed by atoms with Crippen LogP contribution in [0, 0.1) is 6.92 Å². The fourth-order valence-corrected chi connectivity index (χ4v) is 4.12. The fourth-order valence-electron chi connectivity index (χ4n) is 3.03. The van der Waals surface area contributed by atoms with E-state index in [1.165, 1.54) is 17.7 Å². The summed E-state index contributed by atoms with van der Waals surface area (Å²) in [5.74, 6) is 0.589. The summed E-state index contributed by atoms with van der Waals surface area (Å²) >= 11 is 0. The highest BCUT2D eigenvalue weighted by molar-refractivity contribution is 7.92. The molecule has 3 rings (SSSR count). The maximum absolute atomic E-state index is 12.6. The Bertz CT molecular complexity index is 919. The lowest BCUT2D eigenvalue weighted by molar-refractivity contribution is -0.116. The smallest absolute Gasteiger partial charge is 0.264 e. The van der Waals surface area contributed by atoms with E-state index < -0.39 is 10.0 Å². The first-order valence-electron chi connectivity index (χ1n) is 7.52. The summed E-state index contributed by atoms with van der Waals surface area (Å²) in [4.78, 5) is 17.6. The van der Waals surface area contributed by atoms with Crippen LogP contribution in [-0.2, 0) is 28.3 Å². The van der Waals surface area contributed by atoms with Crippen LogP contribution in [0.3, 0.4) is 0 Å². The van der Waals surface area contributed by atoms with E-state index in [9.17, 15) is 13.2 Å². The molecule has 1 aromatic heterocycles. The van der Waals surface area contributed by atoms with Gasteiger partial charge in [0, 0.05) is 25.7 Å². The molecule has 1 aromatic carbocycles. The zero-order valence-electron chi connectivity index (χ0n) is 13.9. The molecule has 0 unspecified atom stereocenters. The van der Waals surface area contributed by atoms with Gasteiger partial charge in [0.25, 0.3) is 10.0 Å². The number of carbonyl (C=O) groups is 1. The molecule has 0 aliphatic carbocycles. The number of carbonyl (C=O) groups excluding carboxylic acids is 1. The second kappa shape index (κ2) is 5.59. The van der Waals surface area contributed by atoms with Crippen LogP contribution in [0.15, 0.2) is 23.1 Å². The highest BCUT2D eigenvalue weighted by atomic mass is 32.2. The van der Waals surface area contributed by atoms with Crippen molar-refractivity contribution in [3.63, 3.8) is 0 Å². The minimum Gasteiger partial charge on any atom is -0.309 e. The molecule has 0 saturated heterocycles. The van der Waals surface area contributed by atoms with E-state index in [2.05, 4.69) is 14.8 Å². The molecule has 1 aliphatic heterocycles. The normalized spacial score (nSPS) is 17.0. The number of aromatic nitrogens is 3. The number of fused-ring (bicyclic) bond motifs is 1. The first-order chi connectivity index (χ1) is 11.2. The molecule has 0 spiro atoms. The Kier molecular flexibility index (Phi) is 3.83. The van der Waals surface area contributed by atoms with Gasteiger partial charge in [-0.2, -0.15) is 10.1 Å². The molecule has 9 heteroatoms. The average Bonchev–Trinajstić information content (AvgIpc) is 2.95. The van der Waals surface area contributed by atoms with Gasteiger partial charge in [0.2, 0.25) is 11.9 Å². The van der Waals surface area contributed by atoms with Crippen molar-refractivity contribution in [1.82, 2.24) is 14.8 Å². The maximum Gasteiger partial charge on any atom is 0.264 e. The van der Waals surface area contributed by atoms with Gasteiger partial charge in [-0.25, -0.2) is 17.8 Å². The number of rotatable bonds is 3. The fraction of sp³-hybridized carbons (Fsp3) is 0.400. The number of aryl methyl sites for hydroxylation is 2. The molecule has 24 heavy (non-hydrogen) atoms. The van der Waals surface area contributed by atoms with E-state index >= 15 is 0 Å². The second-order valence-corrected chi connectivity index (χ2v) is 7.63. The van der Waals surface area contributed by atoms with Gasteiger partial charge in [-0.1, -0.05) is 0 Å². The molecule has 8 nitrogen and oxygen atoms in total. The molecule has 0 bridgehead atoms. The molecule has 1 atom stereocenters. The Hall–Kier alpha value is -2.42. The minimum absolute atomic E-state index is 0.0183. The van der Waals surface area contributed by atoms with Gasteiger partial charge in [-0.05, 0) is 44.0 Å². The Balaban J connectivity index is 1.95. The van der Waals surface area contributed by atoms with E-state index in [4.69, 9.17) is 0 Å². The summed E-state index contributed by atoms with van der Waals surface area (Å²) in [6.45, 7) is 5.13. The van der Waals surface area contributed by atoms with Gasteiger partial charge < -0.3 is 4.90 Å². The van der Waals surface area contributed by atoms with Crippen molar-refractivity contribution < 1.29 is 13.2 Å². The van der Waals surface area contributed by atoms with E-state index in [-0.39, 0.29) is 22.8 Å². The second-order valence-electron chi connectivity index (χ2n) is 5.94. The Labute approximate surface area is 140 Å². The van der Waals surface area contributed by atoms with Gasteiger partial charge in [-0.3, -0.25) is 4.79 Å². The van der Waals surface area contributed by atoms with Crippen molar-refractivity contribution in [2.45, 2.75) is 38.1 Å². The lowest BCUT2D eigenvalue weighted by Crippen LogP contribution is -2.33. The topological polar surface area (TPSA) is 97.2 Å². The Morgan fingerprint density at radius 3 is 2.67 bits per heavy atom. The van der Waals surface area contributed by atoms with Gasteiger partial charge in [0.1, 0.15) is 5.82 Å². The van der Waals surface area contributed by atoms with Crippen molar-refractivity contribution in [1.29, 1.82) is 0 Å².